The van der Waals surface area contributed by atoms with Crippen LogP contribution in [0.15, 0.2) is 29.2 Å². The lowest BCUT2D eigenvalue weighted by atomic mass is 9.96. The van der Waals surface area contributed by atoms with Gasteiger partial charge in [-0.15, -0.1) is 0 Å². The fourth-order valence-electron chi connectivity index (χ4n) is 3.42. The van der Waals surface area contributed by atoms with E-state index in [1.54, 1.807) is 28.6 Å². The van der Waals surface area contributed by atoms with E-state index in [2.05, 4.69) is 5.32 Å². The number of sulfonamides is 1. The van der Waals surface area contributed by atoms with Crippen molar-refractivity contribution in [1.82, 2.24) is 9.62 Å². The molecule has 6 nitrogen and oxygen atoms in total. The summed E-state index contributed by atoms with van der Waals surface area (Å²) in [6.45, 7) is 1.04. The largest absolute Gasteiger partial charge is 0.468 e. The third-order valence-corrected chi connectivity index (χ3v) is 7.04. The topological polar surface area (TPSA) is 75.7 Å². The molecular formula is C17H24N2O4S. The summed E-state index contributed by atoms with van der Waals surface area (Å²) in [5.41, 5.74) is 0.263. The molecule has 1 unspecified atom stereocenters. The van der Waals surface area contributed by atoms with E-state index in [1.165, 1.54) is 7.11 Å². The molecule has 0 aromatic heterocycles. The second-order valence-electron chi connectivity index (χ2n) is 6.59. The van der Waals surface area contributed by atoms with Crippen LogP contribution in [0.2, 0.25) is 0 Å². The molecule has 0 radical (unpaired) electrons. The van der Waals surface area contributed by atoms with Crippen molar-refractivity contribution in [3.8, 4) is 0 Å². The number of benzene rings is 1. The summed E-state index contributed by atoms with van der Waals surface area (Å²) >= 11 is 0. The maximum Gasteiger partial charge on any atom is 0.316 e. The van der Waals surface area contributed by atoms with E-state index >= 15 is 0 Å². The molecule has 1 saturated carbocycles. The van der Waals surface area contributed by atoms with E-state index in [0.29, 0.717) is 13.1 Å². The number of nitrogens with zero attached hydrogens (tertiary/aromatic N) is 1. The van der Waals surface area contributed by atoms with Gasteiger partial charge in [-0.1, -0.05) is 12.1 Å². The molecule has 1 atom stereocenters. The van der Waals surface area contributed by atoms with Gasteiger partial charge in [0.2, 0.25) is 10.0 Å². The van der Waals surface area contributed by atoms with Gasteiger partial charge in [-0.3, -0.25) is 4.79 Å². The minimum atomic E-state index is -3.50. The van der Waals surface area contributed by atoms with E-state index in [4.69, 9.17) is 4.74 Å². The Morgan fingerprint density at radius 3 is 2.50 bits per heavy atom. The molecule has 0 spiro atoms. The van der Waals surface area contributed by atoms with Crippen LogP contribution in [0.1, 0.15) is 31.2 Å². The molecule has 2 aliphatic rings. The molecule has 7 heteroatoms. The first-order chi connectivity index (χ1) is 11.4. The SMILES string of the molecule is CNC1CCCN(S(=O)(=O)c2ccc(C3(C(=O)OC)CC3)cc2)C1. The van der Waals surface area contributed by atoms with Gasteiger partial charge in [-0.05, 0) is 50.4 Å². The average Bonchev–Trinajstić information content (AvgIpc) is 3.43. The molecule has 1 aromatic rings. The fourth-order valence-corrected chi connectivity index (χ4v) is 4.95. The molecule has 1 aliphatic heterocycles. The van der Waals surface area contributed by atoms with E-state index in [0.717, 1.165) is 31.2 Å². The van der Waals surface area contributed by atoms with Crippen LogP contribution >= 0.6 is 0 Å². The molecule has 3 rings (SSSR count). The highest BCUT2D eigenvalue weighted by molar-refractivity contribution is 7.89. The number of carbonyl (C=O) groups is 1. The first-order valence-corrected chi connectivity index (χ1v) is 9.74. The number of nitrogens with one attached hydrogen (secondary N) is 1. The van der Waals surface area contributed by atoms with Gasteiger partial charge in [-0.25, -0.2) is 8.42 Å². The van der Waals surface area contributed by atoms with Gasteiger partial charge in [0, 0.05) is 19.1 Å². The van der Waals surface area contributed by atoms with Crippen molar-refractivity contribution in [3.63, 3.8) is 0 Å². The summed E-state index contributed by atoms with van der Waals surface area (Å²) in [4.78, 5) is 12.2. The Hall–Kier alpha value is -1.44. The summed E-state index contributed by atoms with van der Waals surface area (Å²) in [7, 11) is -0.252. The highest BCUT2D eigenvalue weighted by atomic mass is 32.2. The highest BCUT2D eigenvalue weighted by Gasteiger charge is 2.52. The second-order valence-corrected chi connectivity index (χ2v) is 8.53. The van der Waals surface area contributed by atoms with Gasteiger partial charge in [0.25, 0.3) is 0 Å². The Bertz CT molecular complexity index is 711. The molecule has 0 bridgehead atoms. The first-order valence-electron chi connectivity index (χ1n) is 8.30. The molecule has 1 N–H and O–H groups in total. The van der Waals surface area contributed by atoms with Crippen LogP contribution in [0.25, 0.3) is 0 Å². The Morgan fingerprint density at radius 2 is 1.96 bits per heavy atom. The predicted octanol–water partition coefficient (Wildman–Crippen LogP) is 1.26. The highest BCUT2D eigenvalue weighted by Crippen LogP contribution is 2.49. The van der Waals surface area contributed by atoms with Crippen molar-refractivity contribution in [1.29, 1.82) is 0 Å². The minimum Gasteiger partial charge on any atom is -0.468 e. The summed E-state index contributed by atoms with van der Waals surface area (Å²) in [5.74, 6) is -0.244. The van der Waals surface area contributed by atoms with Crippen LogP contribution in [0.4, 0.5) is 0 Å². The van der Waals surface area contributed by atoms with Crippen molar-refractivity contribution >= 4 is 16.0 Å². The maximum atomic E-state index is 12.8. The molecule has 24 heavy (non-hydrogen) atoms. The number of ether oxygens (including phenoxy) is 1. The first kappa shape index (κ1) is 17.4. The monoisotopic (exact) mass is 352 g/mol. The smallest absolute Gasteiger partial charge is 0.316 e. The number of carbonyl (C=O) groups excluding carboxylic acids is 1. The number of methoxy groups -OCH3 is 1. The molecule has 1 aliphatic carbocycles. The lowest BCUT2D eigenvalue weighted by Crippen LogP contribution is -2.46. The molecule has 132 valence electrons. The molecule has 1 saturated heterocycles. The van der Waals surface area contributed by atoms with Gasteiger partial charge in [-0.2, -0.15) is 4.31 Å². The minimum absolute atomic E-state index is 0.196. The van der Waals surface area contributed by atoms with Gasteiger partial charge in [0.05, 0.1) is 17.4 Å². The van der Waals surface area contributed by atoms with Gasteiger partial charge in [0.1, 0.15) is 0 Å². The molecule has 0 amide bonds. The number of hydrogen-bond acceptors (Lipinski definition) is 5. The van der Waals surface area contributed by atoms with Crippen LogP contribution in [-0.4, -0.2) is 52.0 Å². The van der Waals surface area contributed by atoms with Crippen LogP contribution < -0.4 is 5.32 Å². The average molecular weight is 352 g/mol. The zero-order valence-electron chi connectivity index (χ0n) is 14.1. The molecular weight excluding hydrogens is 328 g/mol. The van der Waals surface area contributed by atoms with E-state index in [9.17, 15) is 13.2 Å². The molecule has 1 aromatic carbocycles. The summed E-state index contributed by atoms with van der Waals surface area (Å²) in [6, 6.07) is 6.90. The number of hydrogen-bond donors (Lipinski definition) is 1. The number of esters is 1. The summed E-state index contributed by atoms with van der Waals surface area (Å²) < 4.78 is 32.1. The van der Waals surface area contributed by atoms with E-state index < -0.39 is 15.4 Å². The van der Waals surface area contributed by atoms with Gasteiger partial charge < -0.3 is 10.1 Å². The van der Waals surface area contributed by atoms with Crippen LogP contribution in [-0.2, 0) is 25.0 Å². The third kappa shape index (κ3) is 2.96. The standard InChI is InChI=1S/C17H24N2O4S/c1-18-14-4-3-11-19(12-14)24(21,22)15-7-5-13(6-8-15)17(9-10-17)16(20)23-2/h5-8,14,18H,3-4,9-12H2,1-2H3. The summed E-state index contributed by atoms with van der Waals surface area (Å²) in [6.07, 6.45) is 3.35. The predicted molar refractivity (Wildman–Crippen MR) is 90.2 cm³/mol. The normalized spacial score (nSPS) is 23.7. The summed E-state index contributed by atoms with van der Waals surface area (Å²) in [5, 5.41) is 3.16. The molecule has 1 heterocycles. The number of rotatable bonds is 5. The van der Waals surface area contributed by atoms with Gasteiger partial charge in [0.15, 0.2) is 0 Å². The van der Waals surface area contributed by atoms with Crippen LogP contribution in [0, 0.1) is 0 Å². The Labute approximate surface area is 143 Å². The van der Waals surface area contributed by atoms with Crippen LogP contribution in [0.3, 0.4) is 0 Å². The number of piperidine rings is 1. The zero-order chi connectivity index (χ0) is 17.4. The lowest BCUT2D eigenvalue weighted by Gasteiger charge is -2.31. The Morgan fingerprint density at radius 1 is 1.29 bits per heavy atom. The Kier molecular flexibility index (Phi) is 4.68. The maximum absolute atomic E-state index is 12.8. The zero-order valence-corrected chi connectivity index (χ0v) is 14.9. The van der Waals surface area contributed by atoms with Crippen molar-refractivity contribution in [2.45, 2.75) is 42.0 Å². The lowest BCUT2D eigenvalue weighted by molar-refractivity contribution is -0.143. The van der Waals surface area contributed by atoms with Gasteiger partial charge >= 0.3 is 5.97 Å². The second kappa shape index (κ2) is 6.46. The van der Waals surface area contributed by atoms with Crippen molar-refractivity contribution < 1.29 is 17.9 Å². The van der Waals surface area contributed by atoms with E-state index in [-0.39, 0.29) is 16.9 Å². The van der Waals surface area contributed by atoms with Crippen LogP contribution in [0.5, 0.6) is 0 Å². The van der Waals surface area contributed by atoms with Crippen molar-refractivity contribution in [2.24, 2.45) is 0 Å². The quantitative estimate of drug-likeness (QED) is 0.808. The van der Waals surface area contributed by atoms with Crippen molar-refractivity contribution in [3.05, 3.63) is 29.8 Å². The van der Waals surface area contributed by atoms with E-state index in [1.807, 2.05) is 7.05 Å². The molecule has 2 fully saturated rings. The fraction of sp³-hybridized carbons (Fsp3) is 0.588. The third-order valence-electron chi connectivity index (χ3n) is 5.16. The van der Waals surface area contributed by atoms with Crippen molar-refractivity contribution in [2.75, 3.05) is 27.2 Å². The number of likely N-dealkylation sites (N-methyl/N-ethyl adjacent to an activating group) is 1. The Balaban J connectivity index is 1.81.